The number of carbonyl (C=O) groups is 1. The van der Waals surface area contributed by atoms with Gasteiger partial charge in [-0.25, -0.2) is 4.39 Å². The fraction of sp³-hybridized carbons (Fsp3) is 0.235. The quantitative estimate of drug-likeness (QED) is 0.849. The van der Waals surface area contributed by atoms with E-state index < -0.39 is 5.82 Å². The normalized spacial score (nSPS) is 10.1. The number of halogens is 1. The van der Waals surface area contributed by atoms with Crippen molar-refractivity contribution in [3.63, 3.8) is 0 Å². The average Bonchev–Trinajstić information content (AvgIpc) is 2.51. The molecular formula is C17H18FNO3. The van der Waals surface area contributed by atoms with E-state index in [4.69, 9.17) is 9.47 Å². The van der Waals surface area contributed by atoms with Crippen molar-refractivity contribution in [3.05, 3.63) is 54.3 Å². The molecule has 2 aromatic rings. The highest BCUT2D eigenvalue weighted by Crippen LogP contribution is 2.26. The second kappa shape index (κ2) is 8.02. The number of amides is 1. The van der Waals surface area contributed by atoms with Crippen molar-refractivity contribution in [1.82, 2.24) is 0 Å². The number of carbonyl (C=O) groups excluding carboxylic acids is 1. The minimum Gasteiger partial charge on any atom is -0.490 e. The molecule has 0 radical (unpaired) electrons. The van der Waals surface area contributed by atoms with Gasteiger partial charge in [0.2, 0.25) is 0 Å². The van der Waals surface area contributed by atoms with Crippen LogP contribution in [0.5, 0.6) is 11.5 Å². The van der Waals surface area contributed by atoms with Crippen molar-refractivity contribution >= 4 is 11.6 Å². The van der Waals surface area contributed by atoms with E-state index in [2.05, 4.69) is 5.32 Å². The predicted octanol–water partition coefficient (Wildman–Crippen LogP) is 3.63. The van der Waals surface area contributed by atoms with Gasteiger partial charge in [0.25, 0.3) is 5.91 Å². The lowest BCUT2D eigenvalue weighted by atomic mass is 10.3. The Balaban J connectivity index is 1.91. The first-order valence-electron chi connectivity index (χ1n) is 7.09. The maximum Gasteiger partial charge on any atom is 0.262 e. The lowest BCUT2D eigenvalue weighted by Gasteiger charge is -2.12. The van der Waals surface area contributed by atoms with Crippen LogP contribution in [0.4, 0.5) is 10.1 Å². The molecule has 0 fully saturated rings. The summed E-state index contributed by atoms with van der Waals surface area (Å²) in [6.45, 7) is 2.41. The van der Waals surface area contributed by atoms with E-state index in [1.807, 2.05) is 13.0 Å². The molecule has 2 rings (SSSR count). The number of rotatable bonds is 7. The van der Waals surface area contributed by atoms with Gasteiger partial charge in [-0.05, 0) is 36.8 Å². The van der Waals surface area contributed by atoms with E-state index in [0.717, 1.165) is 6.42 Å². The molecule has 0 saturated carbocycles. The smallest absolute Gasteiger partial charge is 0.262 e. The van der Waals surface area contributed by atoms with Crippen LogP contribution in [-0.2, 0) is 4.79 Å². The van der Waals surface area contributed by atoms with Crippen LogP contribution in [0.25, 0.3) is 0 Å². The van der Waals surface area contributed by atoms with Gasteiger partial charge in [-0.2, -0.15) is 0 Å². The molecule has 1 N–H and O–H groups in total. The average molecular weight is 303 g/mol. The molecule has 0 heterocycles. The topological polar surface area (TPSA) is 47.6 Å². The fourth-order valence-corrected chi connectivity index (χ4v) is 1.81. The Labute approximate surface area is 128 Å². The van der Waals surface area contributed by atoms with E-state index in [9.17, 15) is 9.18 Å². The monoisotopic (exact) mass is 303 g/mol. The van der Waals surface area contributed by atoms with Crippen LogP contribution < -0.4 is 14.8 Å². The van der Waals surface area contributed by atoms with E-state index in [-0.39, 0.29) is 12.5 Å². The van der Waals surface area contributed by atoms with Crippen molar-refractivity contribution < 1.29 is 18.7 Å². The summed E-state index contributed by atoms with van der Waals surface area (Å²) >= 11 is 0. The SMILES string of the molecule is CCCOc1ccccc1OCC(=O)Nc1cccc(F)c1. The molecule has 5 heteroatoms. The van der Waals surface area contributed by atoms with E-state index in [1.54, 1.807) is 24.3 Å². The minimum absolute atomic E-state index is 0.178. The third kappa shape index (κ3) is 4.77. The van der Waals surface area contributed by atoms with E-state index in [1.165, 1.54) is 18.2 Å². The number of hydrogen-bond donors (Lipinski definition) is 1. The van der Waals surface area contributed by atoms with Gasteiger partial charge in [0.15, 0.2) is 18.1 Å². The number of nitrogens with one attached hydrogen (secondary N) is 1. The highest BCUT2D eigenvalue weighted by atomic mass is 19.1. The Hall–Kier alpha value is -2.56. The summed E-state index contributed by atoms with van der Waals surface area (Å²) in [6, 6.07) is 12.9. The molecule has 0 spiro atoms. The first-order chi connectivity index (χ1) is 10.7. The summed E-state index contributed by atoms with van der Waals surface area (Å²) in [5.74, 6) is 0.334. The van der Waals surface area contributed by atoms with Crippen LogP contribution in [0.1, 0.15) is 13.3 Å². The van der Waals surface area contributed by atoms with Crippen LogP contribution in [0.15, 0.2) is 48.5 Å². The van der Waals surface area contributed by atoms with Crippen LogP contribution in [0.3, 0.4) is 0 Å². The van der Waals surface area contributed by atoms with Crippen molar-refractivity contribution in [1.29, 1.82) is 0 Å². The summed E-state index contributed by atoms with van der Waals surface area (Å²) in [5.41, 5.74) is 0.393. The third-order valence-electron chi connectivity index (χ3n) is 2.78. The van der Waals surface area contributed by atoms with Gasteiger partial charge in [-0.1, -0.05) is 25.1 Å². The molecule has 4 nitrogen and oxygen atoms in total. The molecule has 0 aliphatic carbocycles. The summed E-state index contributed by atoms with van der Waals surface area (Å²) in [4.78, 5) is 11.8. The van der Waals surface area contributed by atoms with Gasteiger partial charge in [-0.3, -0.25) is 4.79 Å². The van der Waals surface area contributed by atoms with Gasteiger partial charge in [0.05, 0.1) is 6.61 Å². The largest absolute Gasteiger partial charge is 0.490 e. The van der Waals surface area contributed by atoms with Gasteiger partial charge in [0.1, 0.15) is 5.82 Å². The molecule has 0 aliphatic rings. The maximum atomic E-state index is 13.0. The Kier molecular flexibility index (Phi) is 5.77. The Morgan fingerprint density at radius 2 is 1.82 bits per heavy atom. The summed E-state index contributed by atoms with van der Waals surface area (Å²) < 4.78 is 24.1. The maximum absolute atomic E-state index is 13.0. The standard InChI is InChI=1S/C17H18FNO3/c1-2-10-21-15-8-3-4-9-16(15)22-12-17(20)19-14-7-5-6-13(18)11-14/h3-9,11H,2,10,12H2,1H3,(H,19,20). The van der Waals surface area contributed by atoms with E-state index in [0.29, 0.717) is 23.8 Å². The number of hydrogen-bond acceptors (Lipinski definition) is 3. The lowest BCUT2D eigenvalue weighted by Crippen LogP contribution is -2.20. The zero-order valence-electron chi connectivity index (χ0n) is 12.3. The number of para-hydroxylation sites is 2. The van der Waals surface area contributed by atoms with Gasteiger partial charge >= 0.3 is 0 Å². The van der Waals surface area contributed by atoms with Crippen molar-refractivity contribution in [3.8, 4) is 11.5 Å². The third-order valence-corrected chi connectivity index (χ3v) is 2.78. The molecule has 0 atom stereocenters. The Morgan fingerprint density at radius 3 is 2.50 bits per heavy atom. The second-order valence-electron chi connectivity index (χ2n) is 4.64. The molecule has 0 aliphatic heterocycles. The summed E-state index contributed by atoms with van der Waals surface area (Å²) in [5, 5.41) is 2.57. The summed E-state index contributed by atoms with van der Waals surface area (Å²) in [7, 11) is 0. The number of benzene rings is 2. The molecule has 0 unspecified atom stereocenters. The Bertz CT molecular complexity index is 631. The highest BCUT2D eigenvalue weighted by Gasteiger charge is 2.08. The first kappa shape index (κ1) is 15.8. The van der Waals surface area contributed by atoms with Crippen LogP contribution >= 0.6 is 0 Å². The molecule has 0 saturated heterocycles. The van der Waals surface area contributed by atoms with Crippen molar-refractivity contribution in [2.75, 3.05) is 18.5 Å². The van der Waals surface area contributed by atoms with Gasteiger partial charge in [-0.15, -0.1) is 0 Å². The van der Waals surface area contributed by atoms with Crippen molar-refractivity contribution in [2.45, 2.75) is 13.3 Å². The van der Waals surface area contributed by atoms with Crippen molar-refractivity contribution in [2.24, 2.45) is 0 Å². The molecule has 0 aromatic heterocycles. The minimum atomic E-state index is -0.406. The molecular weight excluding hydrogens is 285 g/mol. The zero-order valence-corrected chi connectivity index (χ0v) is 12.3. The first-order valence-corrected chi connectivity index (χ1v) is 7.09. The predicted molar refractivity (Wildman–Crippen MR) is 82.8 cm³/mol. The molecule has 2 aromatic carbocycles. The lowest BCUT2D eigenvalue weighted by molar-refractivity contribution is -0.118. The Morgan fingerprint density at radius 1 is 1.09 bits per heavy atom. The van der Waals surface area contributed by atoms with Gasteiger partial charge < -0.3 is 14.8 Å². The number of ether oxygens (including phenoxy) is 2. The molecule has 22 heavy (non-hydrogen) atoms. The van der Waals surface area contributed by atoms with Crippen LogP contribution in [0.2, 0.25) is 0 Å². The summed E-state index contributed by atoms with van der Waals surface area (Å²) in [6.07, 6.45) is 0.883. The number of anilines is 1. The molecule has 0 bridgehead atoms. The highest BCUT2D eigenvalue weighted by molar-refractivity contribution is 5.91. The molecule has 1 amide bonds. The van der Waals surface area contributed by atoms with Crippen LogP contribution in [0, 0.1) is 5.82 Å². The zero-order chi connectivity index (χ0) is 15.8. The molecule has 116 valence electrons. The fourth-order valence-electron chi connectivity index (χ4n) is 1.81. The van der Waals surface area contributed by atoms with E-state index >= 15 is 0 Å². The van der Waals surface area contributed by atoms with Crippen LogP contribution in [-0.4, -0.2) is 19.1 Å². The second-order valence-corrected chi connectivity index (χ2v) is 4.64. The van der Waals surface area contributed by atoms with Gasteiger partial charge in [0, 0.05) is 5.69 Å².